The zero-order chi connectivity index (χ0) is 12.0. The maximum Gasteiger partial charge on any atom is 0.236 e. The van der Waals surface area contributed by atoms with Crippen molar-refractivity contribution in [3.8, 4) is 0 Å². The van der Waals surface area contributed by atoms with E-state index in [1.165, 1.54) is 0 Å². The minimum Gasteiger partial charge on any atom is -0.337 e. The van der Waals surface area contributed by atoms with E-state index in [0.29, 0.717) is 12.6 Å². The highest BCUT2D eigenvalue weighted by atomic mass is 16.2. The molecule has 4 heteroatoms. The molecule has 1 heterocycles. The molecule has 16 heavy (non-hydrogen) atoms. The van der Waals surface area contributed by atoms with Crippen LogP contribution in [0.25, 0.3) is 0 Å². The Bertz CT molecular complexity index is 220. The van der Waals surface area contributed by atoms with Crippen LogP contribution in [0.4, 0.5) is 0 Å². The Morgan fingerprint density at radius 3 is 2.75 bits per heavy atom. The number of likely N-dealkylation sites (N-methyl/N-ethyl adjacent to an activating group) is 2. The van der Waals surface area contributed by atoms with Crippen LogP contribution in [-0.2, 0) is 4.79 Å². The first kappa shape index (κ1) is 13.5. The fourth-order valence-corrected chi connectivity index (χ4v) is 2.25. The number of hydrogen-bond donors (Lipinski definition) is 1. The lowest BCUT2D eigenvalue weighted by Crippen LogP contribution is -2.46. The lowest BCUT2D eigenvalue weighted by Gasteiger charge is -2.30. The van der Waals surface area contributed by atoms with E-state index in [-0.39, 0.29) is 5.91 Å². The normalized spacial score (nSPS) is 23.2. The van der Waals surface area contributed by atoms with Gasteiger partial charge in [0.25, 0.3) is 0 Å². The van der Waals surface area contributed by atoms with E-state index in [9.17, 15) is 4.79 Å². The third kappa shape index (κ3) is 3.76. The number of rotatable bonds is 4. The second kappa shape index (κ2) is 6.86. The average molecular weight is 227 g/mol. The van der Waals surface area contributed by atoms with E-state index in [4.69, 9.17) is 0 Å². The lowest BCUT2D eigenvalue weighted by molar-refractivity contribution is -0.132. The quantitative estimate of drug-likeness (QED) is 0.761. The smallest absolute Gasteiger partial charge is 0.236 e. The summed E-state index contributed by atoms with van der Waals surface area (Å²) in [6, 6.07) is 0.388. The van der Waals surface area contributed by atoms with Gasteiger partial charge in [0.15, 0.2) is 0 Å². The van der Waals surface area contributed by atoms with Crippen LogP contribution in [0, 0.1) is 0 Å². The molecular weight excluding hydrogens is 202 g/mol. The Morgan fingerprint density at radius 1 is 1.38 bits per heavy atom. The zero-order valence-electron chi connectivity index (χ0n) is 10.8. The first-order valence-corrected chi connectivity index (χ1v) is 6.37. The highest BCUT2D eigenvalue weighted by Gasteiger charge is 2.25. The van der Waals surface area contributed by atoms with E-state index in [1.54, 1.807) is 0 Å². The zero-order valence-corrected chi connectivity index (χ0v) is 10.8. The molecule has 1 N–H and O–H groups in total. The van der Waals surface area contributed by atoms with Crippen LogP contribution < -0.4 is 5.32 Å². The van der Waals surface area contributed by atoms with Gasteiger partial charge in [-0.1, -0.05) is 13.8 Å². The molecule has 1 aliphatic heterocycles. The summed E-state index contributed by atoms with van der Waals surface area (Å²) in [5.41, 5.74) is 0. The maximum atomic E-state index is 12.0. The number of carbonyl (C=O) groups is 1. The van der Waals surface area contributed by atoms with Gasteiger partial charge in [-0.3, -0.25) is 4.79 Å². The number of amides is 1. The van der Waals surface area contributed by atoms with Gasteiger partial charge in [0, 0.05) is 19.1 Å². The van der Waals surface area contributed by atoms with E-state index in [1.807, 2.05) is 6.92 Å². The van der Waals surface area contributed by atoms with Crippen molar-refractivity contribution in [1.82, 2.24) is 15.1 Å². The molecule has 0 radical (unpaired) electrons. The van der Waals surface area contributed by atoms with E-state index in [0.717, 1.165) is 39.0 Å². The Kier molecular flexibility index (Phi) is 5.77. The second-order valence-corrected chi connectivity index (χ2v) is 4.55. The van der Waals surface area contributed by atoms with Crippen molar-refractivity contribution in [3.63, 3.8) is 0 Å². The molecule has 1 saturated heterocycles. The summed E-state index contributed by atoms with van der Waals surface area (Å²) in [6.07, 6.45) is 2.13. The van der Waals surface area contributed by atoms with Crippen LogP contribution in [0.15, 0.2) is 0 Å². The monoisotopic (exact) mass is 227 g/mol. The predicted molar refractivity (Wildman–Crippen MR) is 66.4 cm³/mol. The van der Waals surface area contributed by atoms with Gasteiger partial charge in [-0.05, 0) is 33.0 Å². The summed E-state index contributed by atoms with van der Waals surface area (Å²) in [7, 11) is 2.14. The van der Waals surface area contributed by atoms with E-state index in [2.05, 4.69) is 29.1 Å². The first-order chi connectivity index (χ1) is 7.69. The second-order valence-electron chi connectivity index (χ2n) is 4.55. The van der Waals surface area contributed by atoms with Crippen LogP contribution in [0.1, 0.15) is 26.7 Å². The van der Waals surface area contributed by atoms with Crippen molar-refractivity contribution in [2.24, 2.45) is 0 Å². The van der Waals surface area contributed by atoms with Gasteiger partial charge in [0.05, 0.1) is 6.54 Å². The fraction of sp³-hybridized carbons (Fsp3) is 0.917. The third-order valence-corrected chi connectivity index (χ3v) is 3.22. The highest BCUT2D eigenvalue weighted by Crippen LogP contribution is 2.11. The van der Waals surface area contributed by atoms with Crippen LogP contribution >= 0.6 is 0 Å². The molecule has 94 valence electrons. The minimum absolute atomic E-state index is 0.254. The molecule has 0 aliphatic carbocycles. The molecule has 0 aromatic rings. The third-order valence-electron chi connectivity index (χ3n) is 3.22. The summed E-state index contributed by atoms with van der Waals surface area (Å²) < 4.78 is 0. The van der Waals surface area contributed by atoms with Crippen molar-refractivity contribution in [3.05, 3.63) is 0 Å². The van der Waals surface area contributed by atoms with Crippen LogP contribution in [-0.4, -0.2) is 61.5 Å². The predicted octanol–water partition coefficient (Wildman–Crippen LogP) is 0.539. The number of nitrogens with one attached hydrogen (secondary N) is 1. The van der Waals surface area contributed by atoms with Crippen molar-refractivity contribution in [1.29, 1.82) is 0 Å². The highest BCUT2D eigenvalue weighted by molar-refractivity contribution is 5.78. The summed E-state index contributed by atoms with van der Waals surface area (Å²) in [4.78, 5) is 16.4. The number of hydrogen-bond acceptors (Lipinski definition) is 3. The van der Waals surface area contributed by atoms with Crippen molar-refractivity contribution in [2.45, 2.75) is 32.7 Å². The Morgan fingerprint density at radius 2 is 2.12 bits per heavy atom. The summed E-state index contributed by atoms with van der Waals surface area (Å²) >= 11 is 0. The largest absolute Gasteiger partial charge is 0.337 e. The molecule has 1 rings (SSSR count). The summed E-state index contributed by atoms with van der Waals surface area (Å²) in [5, 5.41) is 3.12. The fourth-order valence-electron chi connectivity index (χ4n) is 2.25. The number of carbonyl (C=O) groups excluding carboxylic acids is 1. The first-order valence-electron chi connectivity index (χ1n) is 6.37. The minimum atomic E-state index is 0.254. The standard InChI is InChI=1S/C12H25N3O/c1-4-11-10-14(3)7-6-8-15(11)12(16)9-13-5-2/h11,13H,4-10H2,1-3H3. The number of nitrogens with zero attached hydrogens (tertiary/aromatic N) is 2. The van der Waals surface area contributed by atoms with Gasteiger partial charge in [0.2, 0.25) is 5.91 Å². The molecule has 1 amide bonds. The summed E-state index contributed by atoms with van der Waals surface area (Å²) in [5.74, 6) is 0.254. The summed E-state index contributed by atoms with van der Waals surface area (Å²) in [6.45, 7) is 8.55. The van der Waals surface area contributed by atoms with Crippen molar-refractivity contribution in [2.75, 3.05) is 39.8 Å². The molecule has 0 bridgehead atoms. The molecule has 0 aromatic carbocycles. The van der Waals surface area contributed by atoms with Crippen molar-refractivity contribution >= 4 is 5.91 Å². The molecule has 0 saturated carbocycles. The topological polar surface area (TPSA) is 35.6 Å². The Hall–Kier alpha value is -0.610. The Labute approximate surface area is 99.0 Å². The molecule has 1 aliphatic rings. The van der Waals surface area contributed by atoms with E-state index >= 15 is 0 Å². The van der Waals surface area contributed by atoms with Crippen molar-refractivity contribution < 1.29 is 4.79 Å². The molecule has 0 aromatic heterocycles. The van der Waals surface area contributed by atoms with Gasteiger partial charge >= 0.3 is 0 Å². The molecule has 0 spiro atoms. The van der Waals surface area contributed by atoms with Gasteiger partial charge in [-0.25, -0.2) is 0 Å². The van der Waals surface area contributed by atoms with Gasteiger partial charge in [-0.15, -0.1) is 0 Å². The molecule has 1 fully saturated rings. The maximum absolute atomic E-state index is 12.0. The van der Waals surface area contributed by atoms with Crippen LogP contribution in [0.5, 0.6) is 0 Å². The van der Waals surface area contributed by atoms with E-state index < -0.39 is 0 Å². The average Bonchev–Trinajstić information content (AvgIpc) is 2.47. The lowest BCUT2D eigenvalue weighted by atomic mass is 10.2. The molecule has 1 unspecified atom stereocenters. The van der Waals surface area contributed by atoms with Gasteiger partial charge in [0.1, 0.15) is 0 Å². The molecule has 4 nitrogen and oxygen atoms in total. The van der Waals surface area contributed by atoms with Crippen LogP contribution in [0.3, 0.4) is 0 Å². The van der Waals surface area contributed by atoms with Gasteiger partial charge < -0.3 is 15.1 Å². The van der Waals surface area contributed by atoms with Gasteiger partial charge in [-0.2, -0.15) is 0 Å². The van der Waals surface area contributed by atoms with Crippen LogP contribution in [0.2, 0.25) is 0 Å². The Balaban J connectivity index is 2.56. The molecule has 1 atom stereocenters. The molecular formula is C12H25N3O. The SMILES string of the molecule is CCNCC(=O)N1CCCN(C)CC1CC.